The molecule has 1 unspecified atom stereocenters. The normalized spacial score (nSPS) is 17.0. The molecule has 7 heteroatoms. The number of rotatable bonds is 7. The molecule has 170 valence electrons. The van der Waals surface area contributed by atoms with Gasteiger partial charge in [-0.25, -0.2) is 9.37 Å². The molecule has 5 nitrogen and oxygen atoms in total. The second-order valence-corrected chi connectivity index (χ2v) is 8.97. The van der Waals surface area contributed by atoms with E-state index in [4.69, 9.17) is 4.98 Å². The minimum absolute atomic E-state index is 0.266. The first kappa shape index (κ1) is 22.0. The van der Waals surface area contributed by atoms with Crippen LogP contribution in [0.25, 0.3) is 11.3 Å². The molecule has 3 aromatic carbocycles. The van der Waals surface area contributed by atoms with Crippen molar-refractivity contribution in [1.29, 1.82) is 0 Å². The number of hydrogen-bond acceptors (Lipinski definition) is 5. The van der Waals surface area contributed by atoms with Gasteiger partial charge in [-0.2, -0.15) is 0 Å². The first-order valence-corrected chi connectivity index (χ1v) is 11.6. The Hall–Kier alpha value is -3.81. The number of aromatic nitrogens is 1. The highest BCUT2D eigenvalue weighted by Crippen LogP contribution is 2.49. The van der Waals surface area contributed by atoms with Crippen LogP contribution in [0, 0.1) is 5.82 Å². The molecule has 0 saturated heterocycles. The number of thiazole rings is 1. The second kappa shape index (κ2) is 8.85. The van der Waals surface area contributed by atoms with Crippen molar-refractivity contribution in [2.45, 2.75) is 12.1 Å². The van der Waals surface area contributed by atoms with Crippen molar-refractivity contribution in [2.75, 3.05) is 16.8 Å². The Morgan fingerprint density at radius 2 is 1.76 bits per heavy atom. The quantitative estimate of drug-likeness (QED) is 0.358. The van der Waals surface area contributed by atoms with Crippen LogP contribution >= 0.6 is 11.3 Å². The van der Waals surface area contributed by atoms with Gasteiger partial charge in [-0.1, -0.05) is 65.9 Å². The molecule has 0 saturated carbocycles. The van der Waals surface area contributed by atoms with Crippen molar-refractivity contribution in [2.24, 2.45) is 0 Å². The molecule has 4 aromatic rings. The highest BCUT2D eigenvalue weighted by atomic mass is 32.1. The molecule has 1 aliphatic rings. The zero-order valence-electron chi connectivity index (χ0n) is 18.2. The Bertz CT molecular complexity index is 1350. The molecule has 1 aliphatic heterocycles. The topological polar surface area (TPSA) is 65.5 Å². The van der Waals surface area contributed by atoms with E-state index < -0.39 is 11.5 Å². The van der Waals surface area contributed by atoms with Crippen molar-refractivity contribution in [3.63, 3.8) is 0 Å². The molecule has 5 rings (SSSR count). The average molecular weight is 472 g/mol. The largest absolute Gasteiger partial charge is 0.371 e. The van der Waals surface area contributed by atoms with E-state index >= 15 is 0 Å². The fraction of sp³-hybridized carbons (Fsp3) is 0.111. The lowest BCUT2D eigenvalue weighted by molar-refractivity contribution is -0.131. The molecule has 34 heavy (non-hydrogen) atoms. The van der Waals surface area contributed by atoms with Crippen molar-refractivity contribution < 1.29 is 14.3 Å². The molecule has 2 N–H and O–H groups in total. The van der Waals surface area contributed by atoms with Crippen LogP contribution in [0.4, 0.5) is 15.2 Å². The number of carbonyl (C=O) groups is 1. The Kier molecular flexibility index (Phi) is 5.73. The van der Waals surface area contributed by atoms with Gasteiger partial charge in [0.05, 0.1) is 16.3 Å². The number of nitrogens with zero attached hydrogens (tertiary/aromatic N) is 2. The van der Waals surface area contributed by atoms with E-state index in [1.807, 2.05) is 42.5 Å². The summed E-state index contributed by atoms with van der Waals surface area (Å²) in [5.74, 6) is -0.837. The number of carbonyl (C=O) groups excluding carboxylic acids is 1. The van der Waals surface area contributed by atoms with Gasteiger partial charge in [0.1, 0.15) is 5.82 Å². The van der Waals surface area contributed by atoms with Crippen molar-refractivity contribution in [3.8, 4) is 11.3 Å². The van der Waals surface area contributed by atoms with Crippen molar-refractivity contribution in [1.82, 2.24) is 4.98 Å². The van der Waals surface area contributed by atoms with Crippen LogP contribution in [-0.2, 0) is 16.9 Å². The molecule has 1 amide bonds. The van der Waals surface area contributed by atoms with Gasteiger partial charge in [0.25, 0.3) is 5.91 Å². The van der Waals surface area contributed by atoms with Crippen LogP contribution in [-0.4, -0.2) is 22.5 Å². The zero-order valence-corrected chi connectivity index (χ0v) is 19.1. The molecule has 0 aliphatic carbocycles. The minimum atomic E-state index is -1.92. The summed E-state index contributed by atoms with van der Waals surface area (Å²) in [5.41, 5.74) is 1.32. The number of amides is 1. The highest BCUT2D eigenvalue weighted by molar-refractivity contribution is 7.16. The van der Waals surface area contributed by atoms with E-state index in [0.29, 0.717) is 39.1 Å². The monoisotopic (exact) mass is 471 g/mol. The SMILES string of the molecule is C=CCN1C(=O)C(O)(c2sc(NCc3ccccc3)nc2-c2ccc(F)cc2)c2ccccc21. The second-order valence-electron chi connectivity index (χ2n) is 7.97. The number of hydrogen-bond donors (Lipinski definition) is 2. The van der Waals surface area contributed by atoms with E-state index in [-0.39, 0.29) is 12.4 Å². The maximum absolute atomic E-state index is 13.6. The lowest BCUT2D eigenvalue weighted by atomic mass is 9.91. The van der Waals surface area contributed by atoms with Crippen LogP contribution in [0.5, 0.6) is 0 Å². The van der Waals surface area contributed by atoms with Gasteiger partial charge in [-0.05, 0) is 35.9 Å². The summed E-state index contributed by atoms with van der Waals surface area (Å²) in [5, 5.41) is 15.9. The Labute approximate surface area is 200 Å². The Balaban J connectivity index is 1.63. The van der Waals surface area contributed by atoms with Gasteiger partial charge in [-0.3, -0.25) is 4.79 Å². The van der Waals surface area contributed by atoms with E-state index in [9.17, 15) is 14.3 Å². The molecular weight excluding hydrogens is 449 g/mol. The third kappa shape index (κ3) is 3.69. The van der Waals surface area contributed by atoms with Gasteiger partial charge >= 0.3 is 0 Å². The molecular formula is C27H22FN3O2S. The van der Waals surface area contributed by atoms with E-state index in [1.54, 1.807) is 30.3 Å². The zero-order chi connectivity index (χ0) is 23.7. The molecule has 0 radical (unpaired) electrons. The standard InChI is InChI=1S/C27H22FN3O2S/c1-2-16-31-22-11-7-6-10-21(22)27(33,25(31)32)24-23(19-12-14-20(28)15-13-19)30-26(34-24)29-17-18-8-4-3-5-9-18/h2-15,33H,1,16-17H2,(H,29,30). The maximum Gasteiger partial charge on any atom is 0.269 e. The predicted molar refractivity (Wildman–Crippen MR) is 133 cm³/mol. The van der Waals surface area contributed by atoms with E-state index in [1.165, 1.54) is 28.4 Å². The predicted octanol–water partition coefficient (Wildman–Crippen LogP) is 5.33. The van der Waals surface area contributed by atoms with Crippen molar-refractivity contribution in [3.05, 3.63) is 113 Å². The molecule has 0 fully saturated rings. The summed E-state index contributed by atoms with van der Waals surface area (Å²) in [6.45, 7) is 4.55. The van der Waals surface area contributed by atoms with Crippen LogP contribution in [0.3, 0.4) is 0 Å². The molecule has 1 aromatic heterocycles. The number of nitrogens with one attached hydrogen (secondary N) is 1. The van der Waals surface area contributed by atoms with Crippen LogP contribution < -0.4 is 10.2 Å². The fourth-order valence-corrected chi connectivity index (χ4v) is 5.26. The summed E-state index contributed by atoms with van der Waals surface area (Å²) < 4.78 is 13.6. The van der Waals surface area contributed by atoms with Gasteiger partial charge in [0, 0.05) is 24.2 Å². The molecule has 0 spiro atoms. The van der Waals surface area contributed by atoms with Gasteiger partial charge < -0.3 is 15.3 Å². The number of fused-ring (bicyclic) bond motifs is 1. The minimum Gasteiger partial charge on any atom is -0.371 e. The Morgan fingerprint density at radius 3 is 2.50 bits per heavy atom. The van der Waals surface area contributed by atoms with Crippen LogP contribution in [0.2, 0.25) is 0 Å². The fourth-order valence-electron chi connectivity index (χ4n) is 4.18. The number of anilines is 2. The number of benzene rings is 3. The summed E-state index contributed by atoms with van der Waals surface area (Å²) in [7, 11) is 0. The maximum atomic E-state index is 13.6. The van der Waals surface area contributed by atoms with Gasteiger partial charge in [0.2, 0.25) is 5.60 Å². The summed E-state index contributed by atoms with van der Waals surface area (Å²) in [6.07, 6.45) is 1.63. The summed E-state index contributed by atoms with van der Waals surface area (Å²) >= 11 is 1.22. The number of para-hydroxylation sites is 1. The van der Waals surface area contributed by atoms with E-state index in [2.05, 4.69) is 11.9 Å². The third-order valence-electron chi connectivity index (χ3n) is 5.81. The summed E-state index contributed by atoms with van der Waals surface area (Å²) in [4.78, 5) is 20.3. The first-order valence-electron chi connectivity index (χ1n) is 10.8. The van der Waals surface area contributed by atoms with Crippen LogP contribution in [0.1, 0.15) is 16.0 Å². The van der Waals surface area contributed by atoms with Crippen molar-refractivity contribution >= 4 is 28.1 Å². The summed E-state index contributed by atoms with van der Waals surface area (Å²) in [6, 6.07) is 22.9. The molecule has 0 bridgehead atoms. The smallest absolute Gasteiger partial charge is 0.269 e. The lowest BCUT2D eigenvalue weighted by Crippen LogP contribution is -2.41. The average Bonchev–Trinajstić information content (AvgIpc) is 3.39. The third-order valence-corrected chi connectivity index (χ3v) is 6.93. The van der Waals surface area contributed by atoms with E-state index in [0.717, 1.165) is 5.56 Å². The number of halogens is 1. The highest BCUT2D eigenvalue weighted by Gasteiger charge is 2.53. The van der Waals surface area contributed by atoms with Gasteiger partial charge in [0.15, 0.2) is 5.13 Å². The Morgan fingerprint density at radius 1 is 1.06 bits per heavy atom. The lowest BCUT2D eigenvalue weighted by Gasteiger charge is -2.22. The van der Waals surface area contributed by atoms with Crippen LogP contribution in [0.15, 0.2) is 91.5 Å². The molecule has 2 heterocycles. The first-order chi connectivity index (χ1) is 16.5. The molecule has 1 atom stereocenters. The number of aliphatic hydroxyl groups is 1. The van der Waals surface area contributed by atoms with Gasteiger partial charge in [-0.15, -0.1) is 6.58 Å².